The number of hydrogen-bond acceptors (Lipinski definition) is 4. The van der Waals surface area contributed by atoms with Gasteiger partial charge in [0.25, 0.3) is 0 Å². The number of benzene rings is 1. The van der Waals surface area contributed by atoms with Crippen LogP contribution in [0.3, 0.4) is 0 Å². The fraction of sp³-hybridized carbons (Fsp3) is 0.545. The Hall–Kier alpha value is -0.464. The van der Waals surface area contributed by atoms with Gasteiger partial charge in [0.05, 0.1) is 12.2 Å². The van der Waals surface area contributed by atoms with E-state index in [9.17, 15) is 14.7 Å². The first-order chi connectivity index (χ1) is 12.7. The van der Waals surface area contributed by atoms with E-state index < -0.39 is 11.6 Å². The van der Waals surface area contributed by atoms with E-state index >= 15 is 0 Å². The third-order valence-corrected chi connectivity index (χ3v) is 4.85. The largest absolute Gasteiger partial charge is 1.00 e. The number of rotatable bonds is 12. The van der Waals surface area contributed by atoms with E-state index in [4.69, 9.17) is 4.74 Å². The van der Waals surface area contributed by atoms with Crippen LogP contribution in [0.4, 0.5) is 0 Å². The molecule has 0 N–H and O–H groups in total. The maximum Gasteiger partial charge on any atom is 1.00 e. The van der Waals surface area contributed by atoms with Gasteiger partial charge in [-0.15, -0.1) is 6.26 Å². The molecule has 0 atom stereocenters. The van der Waals surface area contributed by atoms with E-state index in [0.717, 1.165) is 12.8 Å². The molecule has 0 radical (unpaired) electrons. The predicted octanol–water partition coefficient (Wildman–Crippen LogP) is 1.61. The molecule has 1 aliphatic carbocycles. The molecular weight excluding hydrogens is 367 g/mol. The van der Waals surface area contributed by atoms with Crippen molar-refractivity contribution in [1.82, 2.24) is 0 Å². The predicted molar refractivity (Wildman–Crippen MR) is 101 cm³/mol. The van der Waals surface area contributed by atoms with Crippen molar-refractivity contribution < 1.29 is 70.8 Å². The number of Topliss-reactive ketones (excluding diaryl/α,β-unsaturated/α-hetero) is 2. The molecule has 0 bridgehead atoms. The van der Waals surface area contributed by atoms with E-state index in [2.05, 4.69) is 6.92 Å². The minimum Gasteiger partial charge on any atom is -0.877 e. The molecule has 0 spiro atoms. The van der Waals surface area contributed by atoms with Crippen LogP contribution in [0.2, 0.25) is 0 Å². The fourth-order valence-electron chi connectivity index (χ4n) is 3.28. The quantitative estimate of drug-likeness (QED) is 0.177. The van der Waals surface area contributed by atoms with E-state index in [1.807, 2.05) is 0 Å². The molecule has 0 fully saturated rings. The first-order valence-electron chi connectivity index (χ1n) is 9.87. The third kappa shape index (κ3) is 7.46. The Kier molecular flexibility index (Phi) is 12.4. The van der Waals surface area contributed by atoms with Gasteiger partial charge < -0.3 is 9.84 Å². The van der Waals surface area contributed by atoms with Gasteiger partial charge in [0.15, 0.2) is 11.6 Å². The summed E-state index contributed by atoms with van der Waals surface area (Å²) >= 11 is 0. The number of carbonyl (C=O) groups is 2. The second-order valence-corrected chi connectivity index (χ2v) is 6.93. The molecule has 0 amide bonds. The van der Waals surface area contributed by atoms with Gasteiger partial charge in [0.2, 0.25) is 0 Å². The summed E-state index contributed by atoms with van der Waals surface area (Å²) in [4.78, 5) is 23.9. The number of carbonyl (C=O) groups excluding carboxylic acids is 2. The maximum absolute atomic E-state index is 12.0. The van der Waals surface area contributed by atoms with Crippen LogP contribution in [0, 0.1) is 0 Å². The summed E-state index contributed by atoms with van der Waals surface area (Å²) < 4.78 is 5.69. The smallest absolute Gasteiger partial charge is 0.877 e. The Labute approximate surface area is 205 Å². The van der Waals surface area contributed by atoms with Crippen LogP contribution >= 0.6 is 0 Å². The molecule has 1 aromatic rings. The molecule has 0 unspecified atom stereocenters. The van der Waals surface area contributed by atoms with Gasteiger partial charge in [-0.25, -0.2) is 0 Å². The Balaban J connectivity index is 0.00000364. The average molecular weight is 397 g/mol. The number of ether oxygens (including phenoxy) is 1. The summed E-state index contributed by atoms with van der Waals surface area (Å²) in [5, 5.41) is 10.9. The minimum atomic E-state index is -0.496. The maximum atomic E-state index is 12.0. The minimum absolute atomic E-state index is 0. The summed E-state index contributed by atoms with van der Waals surface area (Å²) in [6.45, 7) is 2.84. The van der Waals surface area contributed by atoms with E-state index in [1.54, 1.807) is 18.2 Å². The number of hydrogen-bond donors (Lipinski definition) is 0. The Morgan fingerprint density at radius 3 is 2.00 bits per heavy atom. The summed E-state index contributed by atoms with van der Waals surface area (Å²) in [6, 6.07) is 4.83. The first-order valence-corrected chi connectivity index (χ1v) is 9.87. The van der Waals surface area contributed by atoms with E-state index in [-0.39, 0.29) is 62.5 Å². The van der Waals surface area contributed by atoms with Crippen molar-refractivity contribution in [3.8, 4) is 5.75 Å². The third-order valence-electron chi connectivity index (χ3n) is 4.85. The monoisotopic (exact) mass is 396 g/mol. The zero-order chi connectivity index (χ0) is 18.8. The Bertz CT molecular complexity index is 652. The Morgan fingerprint density at radius 1 is 0.852 bits per heavy atom. The van der Waals surface area contributed by atoms with Gasteiger partial charge in [-0.05, 0) is 24.6 Å². The van der Waals surface area contributed by atoms with Gasteiger partial charge in [-0.3, -0.25) is 9.59 Å². The summed E-state index contributed by atoms with van der Waals surface area (Å²) in [7, 11) is 0. The molecular formula is C22H29KO4. The van der Waals surface area contributed by atoms with Gasteiger partial charge in [0, 0.05) is 11.1 Å². The summed E-state index contributed by atoms with van der Waals surface area (Å²) in [6.07, 6.45) is 13.0. The molecule has 5 heteroatoms. The van der Waals surface area contributed by atoms with Crippen LogP contribution in [0.25, 0.3) is 0 Å². The van der Waals surface area contributed by atoms with Crippen molar-refractivity contribution in [2.75, 3.05) is 6.61 Å². The van der Waals surface area contributed by atoms with Gasteiger partial charge >= 0.3 is 51.4 Å². The van der Waals surface area contributed by atoms with Crippen LogP contribution < -0.4 is 61.2 Å². The van der Waals surface area contributed by atoms with Crippen LogP contribution in [0.15, 0.2) is 30.0 Å². The fourth-order valence-corrected chi connectivity index (χ4v) is 3.28. The van der Waals surface area contributed by atoms with Crippen LogP contribution in [-0.2, 0) is 0 Å². The SMILES string of the molecule is CCCCCCCCCCCCOc1ccc2c(c1)C(=O)/C(=C\[O-])C2=O.[K+]. The topological polar surface area (TPSA) is 66.4 Å². The molecule has 0 heterocycles. The molecule has 0 aliphatic heterocycles. The van der Waals surface area contributed by atoms with E-state index in [1.165, 1.54) is 51.4 Å². The normalized spacial score (nSPS) is 14.3. The van der Waals surface area contributed by atoms with Crippen LogP contribution in [0.1, 0.15) is 91.8 Å². The molecule has 2 rings (SSSR count). The zero-order valence-electron chi connectivity index (χ0n) is 16.7. The van der Waals surface area contributed by atoms with Gasteiger partial charge in [0.1, 0.15) is 5.75 Å². The zero-order valence-corrected chi connectivity index (χ0v) is 19.8. The first kappa shape index (κ1) is 24.6. The molecule has 4 nitrogen and oxygen atoms in total. The summed E-state index contributed by atoms with van der Waals surface area (Å²) in [5.74, 6) is -0.404. The van der Waals surface area contributed by atoms with Crippen molar-refractivity contribution in [3.05, 3.63) is 41.2 Å². The van der Waals surface area contributed by atoms with Gasteiger partial charge in [-0.1, -0.05) is 64.7 Å². The van der Waals surface area contributed by atoms with Crippen molar-refractivity contribution in [1.29, 1.82) is 0 Å². The molecule has 27 heavy (non-hydrogen) atoms. The molecule has 0 aromatic heterocycles. The van der Waals surface area contributed by atoms with Crippen LogP contribution in [-0.4, -0.2) is 18.2 Å². The molecule has 1 aliphatic rings. The van der Waals surface area contributed by atoms with E-state index in [0.29, 0.717) is 24.2 Å². The van der Waals surface area contributed by atoms with Crippen molar-refractivity contribution in [2.24, 2.45) is 0 Å². The van der Waals surface area contributed by atoms with Crippen molar-refractivity contribution in [2.45, 2.75) is 71.1 Å². The standard InChI is InChI=1S/C22H30O4.K/c1-2-3-4-5-6-7-8-9-10-11-14-26-17-12-13-18-19(15-17)22(25)20(16-23)21(18)24;/h12-13,15-16,23H,2-11,14H2,1H3;/q;+1/p-1/b20-16-;. The van der Waals surface area contributed by atoms with Crippen molar-refractivity contribution in [3.63, 3.8) is 0 Å². The average Bonchev–Trinajstić information content (AvgIpc) is 2.89. The number of ketones is 2. The summed E-state index contributed by atoms with van der Waals surface area (Å²) in [5.41, 5.74) is 0.285. The molecule has 142 valence electrons. The second kappa shape index (κ2) is 13.7. The molecule has 0 saturated heterocycles. The van der Waals surface area contributed by atoms with Crippen LogP contribution in [0.5, 0.6) is 5.75 Å². The molecule has 0 saturated carbocycles. The Morgan fingerprint density at radius 2 is 1.41 bits per heavy atom. The van der Waals surface area contributed by atoms with Crippen molar-refractivity contribution >= 4 is 11.6 Å². The number of allylic oxidation sites excluding steroid dienone is 1. The number of unbranched alkanes of at least 4 members (excludes halogenated alkanes) is 9. The number of fused-ring (bicyclic) bond motifs is 1. The second-order valence-electron chi connectivity index (χ2n) is 6.93. The van der Waals surface area contributed by atoms with Gasteiger partial charge in [-0.2, -0.15) is 0 Å². The molecule has 1 aromatic carbocycles.